The fourth-order valence-electron chi connectivity index (χ4n) is 5.05. The Labute approximate surface area is 202 Å². The van der Waals surface area contributed by atoms with Crippen molar-refractivity contribution in [3.8, 4) is 0 Å². The number of nitrogens with zero attached hydrogens (tertiary/aromatic N) is 3. The Morgan fingerprint density at radius 2 is 1.53 bits per heavy atom. The fourth-order valence-corrected chi connectivity index (χ4v) is 5.05. The van der Waals surface area contributed by atoms with Gasteiger partial charge in [0.25, 0.3) is 0 Å². The summed E-state index contributed by atoms with van der Waals surface area (Å²) in [5.74, 6) is 0.366. The van der Waals surface area contributed by atoms with Crippen LogP contribution in [0.3, 0.4) is 0 Å². The van der Waals surface area contributed by atoms with Crippen LogP contribution in [-0.2, 0) is 22.6 Å². The summed E-state index contributed by atoms with van der Waals surface area (Å²) < 4.78 is 13.4. The first-order valence-corrected chi connectivity index (χ1v) is 12.7. The van der Waals surface area contributed by atoms with E-state index in [0.29, 0.717) is 25.4 Å². The molecular weight excluding hydrogens is 429 g/mol. The third-order valence-corrected chi connectivity index (χ3v) is 7.16. The number of benzene rings is 2. The number of rotatable bonds is 8. The monoisotopic (exact) mass is 465 g/mol. The minimum absolute atomic E-state index is 0.0710. The van der Waals surface area contributed by atoms with Crippen molar-refractivity contribution < 1.29 is 14.0 Å². The van der Waals surface area contributed by atoms with Crippen LogP contribution in [-0.4, -0.2) is 65.8 Å². The van der Waals surface area contributed by atoms with Crippen LogP contribution in [0.25, 0.3) is 0 Å². The number of hydrogen-bond acceptors (Lipinski definition) is 3. The molecule has 2 fully saturated rings. The number of carbonyl (C=O) groups excluding carboxylic acids is 2. The molecule has 0 N–H and O–H groups in total. The fraction of sp³-hybridized carbons (Fsp3) is 0.500. The first-order chi connectivity index (χ1) is 16.6. The van der Waals surface area contributed by atoms with Crippen LogP contribution in [0.1, 0.15) is 43.2 Å². The van der Waals surface area contributed by atoms with Crippen molar-refractivity contribution in [3.05, 3.63) is 71.5 Å². The minimum Gasteiger partial charge on any atom is -0.340 e. The van der Waals surface area contributed by atoms with Gasteiger partial charge in [-0.15, -0.1) is 0 Å². The molecule has 1 aliphatic carbocycles. The van der Waals surface area contributed by atoms with Crippen molar-refractivity contribution in [1.29, 1.82) is 0 Å². The molecule has 6 heteroatoms. The average molecular weight is 466 g/mol. The van der Waals surface area contributed by atoms with Gasteiger partial charge in [0, 0.05) is 51.7 Å². The van der Waals surface area contributed by atoms with E-state index < -0.39 is 0 Å². The molecule has 5 nitrogen and oxygen atoms in total. The second-order valence-corrected chi connectivity index (χ2v) is 9.61. The number of hydrogen-bond donors (Lipinski definition) is 0. The quantitative estimate of drug-likeness (QED) is 0.589. The minimum atomic E-state index is -0.272. The molecule has 2 amide bonds. The van der Waals surface area contributed by atoms with E-state index in [-0.39, 0.29) is 17.6 Å². The van der Waals surface area contributed by atoms with Gasteiger partial charge in [0.1, 0.15) is 5.82 Å². The molecule has 182 valence electrons. The normalized spacial score (nSPS) is 17.5. The second kappa shape index (κ2) is 12.1. The van der Waals surface area contributed by atoms with Gasteiger partial charge in [-0.1, -0.05) is 61.7 Å². The largest absolute Gasteiger partial charge is 0.340 e. The predicted molar refractivity (Wildman–Crippen MR) is 132 cm³/mol. The predicted octanol–water partition coefficient (Wildman–Crippen LogP) is 4.12. The summed E-state index contributed by atoms with van der Waals surface area (Å²) in [7, 11) is 0. The van der Waals surface area contributed by atoms with E-state index in [1.807, 2.05) is 40.1 Å². The Morgan fingerprint density at radius 3 is 2.21 bits per heavy atom. The van der Waals surface area contributed by atoms with Gasteiger partial charge in [0.05, 0.1) is 6.42 Å². The van der Waals surface area contributed by atoms with Crippen molar-refractivity contribution in [2.24, 2.45) is 5.92 Å². The first-order valence-electron chi connectivity index (χ1n) is 12.7. The van der Waals surface area contributed by atoms with Crippen LogP contribution >= 0.6 is 0 Å². The van der Waals surface area contributed by atoms with Crippen LogP contribution in [0, 0.1) is 11.7 Å². The molecule has 0 unspecified atom stereocenters. The highest BCUT2D eigenvalue weighted by Crippen LogP contribution is 2.25. The van der Waals surface area contributed by atoms with E-state index in [9.17, 15) is 14.0 Å². The van der Waals surface area contributed by atoms with Gasteiger partial charge in [-0.25, -0.2) is 4.39 Å². The van der Waals surface area contributed by atoms with Crippen LogP contribution in [0.15, 0.2) is 54.6 Å². The smallest absolute Gasteiger partial charge is 0.227 e. The van der Waals surface area contributed by atoms with Gasteiger partial charge < -0.3 is 9.80 Å². The summed E-state index contributed by atoms with van der Waals surface area (Å²) in [5.41, 5.74) is 1.91. The second-order valence-electron chi connectivity index (χ2n) is 9.61. The lowest BCUT2D eigenvalue weighted by Gasteiger charge is -2.38. The zero-order valence-electron chi connectivity index (χ0n) is 20.0. The topological polar surface area (TPSA) is 43.9 Å². The maximum Gasteiger partial charge on any atom is 0.227 e. The molecule has 0 radical (unpaired) electrons. The number of amides is 2. The Hall–Kier alpha value is -2.73. The molecule has 2 aromatic rings. The van der Waals surface area contributed by atoms with Crippen molar-refractivity contribution in [1.82, 2.24) is 14.7 Å². The Kier molecular flexibility index (Phi) is 8.69. The number of piperazine rings is 1. The van der Waals surface area contributed by atoms with Crippen LogP contribution in [0.2, 0.25) is 0 Å². The lowest BCUT2D eigenvalue weighted by molar-refractivity contribution is -0.138. The third kappa shape index (κ3) is 6.89. The van der Waals surface area contributed by atoms with Crippen molar-refractivity contribution in [2.75, 3.05) is 39.3 Å². The van der Waals surface area contributed by atoms with Crippen LogP contribution in [0.5, 0.6) is 0 Å². The van der Waals surface area contributed by atoms with E-state index in [0.717, 1.165) is 56.7 Å². The van der Waals surface area contributed by atoms with E-state index in [4.69, 9.17) is 0 Å². The molecule has 1 saturated carbocycles. The van der Waals surface area contributed by atoms with Crippen LogP contribution < -0.4 is 0 Å². The molecule has 34 heavy (non-hydrogen) atoms. The molecular formula is C28H36FN3O2. The summed E-state index contributed by atoms with van der Waals surface area (Å²) in [5, 5.41) is 0. The number of halogens is 1. The van der Waals surface area contributed by atoms with Crippen molar-refractivity contribution >= 4 is 11.8 Å². The van der Waals surface area contributed by atoms with E-state index in [1.54, 1.807) is 12.1 Å². The summed E-state index contributed by atoms with van der Waals surface area (Å²) in [6, 6.07) is 16.1. The molecule has 0 bridgehead atoms. The molecule has 0 aromatic heterocycles. The molecule has 2 aromatic carbocycles. The molecule has 0 spiro atoms. The zero-order chi connectivity index (χ0) is 23.8. The molecule has 1 heterocycles. The number of carbonyl (C=O) groups is 2. The summed E-state index contributed by atoms with van der Waals surface area (Å²) in [6.45, 7) is 5.07. The molecule has 1 aliphatic heterocycles. The van der Waals surface area contributed by atoms with E-state index in [1.165, 1.54) is 31.4 Å². The van der Waals surface area contributed by atoms with E-state index >= 15 is 0 Å². The highest BCUT2D eigenvalue weighted by Gasteiger charge is 2.28. The lowest BCUT2D eigenvalue weighted by Crippen LogP contribution is -2.52. The van der Waals surface area contributed by atoms with Gasteiger partial charge in [0.2, 0.25) is 11.8 Å². The Bertz CT molecular complexity index is 920. The standard InChI is InChI=1S/C28H36FN3O2/c29-26-13-11-24(12-14-26)22-32(27(33)21-23-7-3-1-4-8-23)20-17-30-15-18-31(19-16-30)28(34)25-9-5-2-6-10-25/h1,3-4,7-8,11-14,25H,2,5-6,9-10,15-22H2. The highest BCUT2D eigenvalue weighted by molar-refractivity contribution is 5.79. The molecule has 4 rings (SSSR count). The van der Waals surface area contributed by atoms with Crippen molar-refractivity contribution in [2.45, 2.75) is 45.1 Å². The third-order valence-electron chi connectivity index (χ3n) is 7.16. The van der Waals surface area contributed by atoms with Gasteiger partial charge in [-0.05, 0) is 36.1 Å². The maximum absolute atomic E-state index is 13.4. The Morgan fingerprint density at radius 1 is 0.853 bits per heavy atom. The Balaban J connectivity index is 1.31. The summed E-state index contributed by atoms with van der Waals surface area (Å²) in [4.78, 5) is 32.3. The zero-order valence-corrected chi connectivity index (χ0v) is 20.0. The van der Waals surface area contributed by atoms with Gasteiger partial charge in [-0.3, -0.25) is 14.5 Å². The van der Waals surface area contributed by atoms with Crippen LogP contribution in [0.4, 0.5) is 4.39 Å². The van der Waals surface area contributed by atoms with E-state index in [2.05, 4.69) is 4.90 Å². The molecule has 0 atom stereocenters. The lowest BCUT2D eigenvalue weighted by atomic mass is 9.88. The highest BCUT2D eigenvalue weighted by atomic mass is 19.1. The van der Waals surface area contributed by atoms with Gasteiger partial charge >= 0.3 is 0 Å². The van der Waals surface area contributed by atoms with Gasteiger partial charge in [0.15, 0.2) is 0 Å². The summed E-state index contributed by atoms with van der Waals surface area (Å²) in [6.07, 6.45) is 6.05. The maximum atomic E-state index is 13.4. The van der Waals surface area contributed by atoms with Gasteiger partial charge in [-0.2, -0.15) is 0 Å². The molecule has 2 aliphatic rings. The molecule has 1 saturated heterocycles. The SMILES string of the molecule is O=C(Cc1ccccc1)N(CCN1CCN(C(=O)C2CCCCC2)CC1)Cc1ccc(F)cc1. The van der Waals surface area contributed by atoms with Crippen molar-refractivity contribution in [3.63, 3.8) is 0 Å². The first kappa shape index (κ1) is 24.4. The average Bonchev–Trinajstić information content (AvgIpc) is 2.88. The summed E-state index contributed by atoms with van der Waals surface area (Å²) >= 11 is 0.